The zero-order valence-corrected chi connectivity index (χ0v) is 12.7. The quantitative estimate of drug-likeness (QED) is 0.799. The van der Waals surface area contributed by atoms with Crippen molar-refractivity contribution in [1.82, 2.24) is 9.71 Å². The molecule has 6 nitrogen and oxygen atoms in total. The van der Waals surface area contributed by atoms with Gasteiger partial charge in [-0.3, -0.25) is 0 Å². The summed E-state index contributed by atoms with van der Waals surface area (Å²) in [5, 5.41) is 0. The fourth-order valence-electron chi connectivity index (χ4n) is 2.14. The number of aromatic nitrogens is 1. The number of aryl methyl sites for hydroxylation is 1. The van der Waals surface area contributed by atoms with E-state index < -0.39 is 50.8 Å². The zero-order valence-electron chi connectivity index (χ0n) is 11.9. The molecule has 0 aliphatic heterocycles. The first-order chi connectivity index (χ1) is 10.1. The number of carbonyl (C=O) groups is 1. The molecule has 1 aromatic rings. The van der Waals surface area contributed by atoms with E-state index in [9.17, 15) is 26.4 Å². The molecule has 10 heteroatoms. The van der Waals surface area contributed by atoms with Crippen LogP contribution in [0.5, 0.6) is 0 Å². The van der Waals surface area contributed by atoms with Crippen LogP contribution in [0.3, 0.4) is 0 Å². The predicted octanol–water partition coefficient (Wildman–Crippen LogP) is 1.71. The van der Waals surface area contributed by atoms with E-state index in [2.05, 4.69) is 9.72 Å². The Labute approximate surface area is 125 Å². The molecule has 0 saturated heterocycles. The van der Waals surface area contributed by atoms with E-state index in [1.54, 1.807) is 4.72 Å². The third kappa shape index (κ3) is 2.84. The van der Waals surface area contributed by atoms with Crippen LogP contribution in [0.25, 0.3) is 0 Å². The van der Waals surface area contributed by atoms with Crippen LogP contribution < -0.4 is 4.72 Å². The van der Waals surface area contributed by atoms with Crippen LogP contribution in [-0.4, -0.2) is 37.9 Å². The van der Waals surface area contributed by atoms with Crippen molar-refractivity contribution >= 4 is 16.0 Å². The minimum Gasteiger partial charge on any atom is -0.461 e. The third-order valence-electron chi connectivity index (χ3n) is 3.39. The van der Waals surface area contributed by atoms with Gasteiger partial charge in [0, 0.05) is 12.1 Å². The van der Waals surface area contributed by atoms with Crippen LogP contribution in [0.1, 0.15) is 35.9 Å². The Kier molecular flexibility index (Phi) is 4.26. The average molecular weight is 340 g/mol. The molecule has 1 aromatic heterocycles. The second kappa shape index (κ2) is 5.58. The van der Waals surface area contributed by atoms with E-state index >= 15 is 0 Å². The van der Waals surface area contributed by atoms with Crippen molar-refractivity contribution in [3.8, 4) is 0 Å². The van der Waals surface area contributed by atoms with Crippen molar-refractivity contribution in [2.24, 2.45) is 0 Å². The van der Waals surface area contributed by atoms with Crippen molar-refractivity contribution < 1.29 is 31.1 Å². The van der Waals surface area contributed by atoms with Crippen molar-refractivity contribution in [3.05, 3.63) is 17.2 Å². The fraction of sp³-hybridized carbons (Fsp3) is 0.583. The highest BCUT2D eigenvalue weighted by Crippen LogP contribution is 2.38. The Hall–Kier alpha value is -1.55. The Morgan fingerprint density at radius 1 is 1.50 bits per heavy atom. The molecule has 0 amide bonds. The average Bonchev–Trinajstić information content (AvgIpc) is 2.71. The molecule has 0 aromatic carbocycles. The fourth-order valence-corrected chi connectivity index (χ4v) is 3.71. The minimum atomic E-state index is -4.52. The smallest absolute Gasteiger partial charge is 0.357 e. The van der Waals surface area contributed by atoms with Gasteiger partial charge in [0.2, 0.25) is 10.0 Å². The summed E-state index contributed by atoms with van der Waals surface area (Å²) in [5.41, 5.74) is -0.823. The van der Waals surface area contributed by atoms with Crippen LogP contribution in [0, 0.1) is 12.7 Å². The normalized spacial score (nSPS) is 20.5. The van der Waals surface area contributed by atoms with E-state index in [4.69, 9.17) is 0 Å². The molecule has 1 atom stereocenters. The summed E-state index contributed by atoms with van der Waals surface area (Å²) in [7, 11) is -4.52. The van der Waals surface area contributed by atoms with E-state index in [0.29, 0.717) is 0 Å². The topological polar surface area (TPSA) is 88.3 Å². The summed E-state index contributed by atoms with van der Waals surface area (Å²) in [6.45, 7) is 2.70. The molecule has 124 valence electrons. The molecular formula is C12H15F3N2O4S. The zero-order chi connectivity index (χ0) is 16.7. The number of aromatic amines is 1. The van der Waals surface area contributed by atoms with Crippen LogP contribution in [0.4, 0.5) is 13.2 Å². The SMILES string of the molecule is CCOC(=O)c1[nH]c(C)c(S(=O)(=O)NC2CCC2(F)F)c1F. The maximum atomic E-state index is 14.2. The molecule has 1 saturated carbocycles. The lowest BCUT2D eigenvalue weighted by Gasteiger charge is -2.36. The van der Waals surface area contributed by atoms with Gasteiger partial charge in [-0.05, 0) is 20.3 Å². The molecular weight excluding hydrogens is 325 g/mol. The first-order valence-corrected chi connectivity index (χ1v) is 8.03. The molecule has 1 aliphatic rings. The second-order valence-electron chi connectivity index (χ2n) is 4.96. The Morgan fingerprint density at radius 3 is 2.59 bits per heavy atom. The maximum Gasteiger partial charge on any atom is 0.357 e. The molecule has 0 spiro atoms. The molecule has 22 heavy (non-hydrogen) atoms. The van der Waals surface area contributed by atoms with Gasteiger partial charge in [-0.1, -0.05) is 0 Å². The number of ether oxygens (including phenoxy) is 1. The molecule has 1 fully saturated rings. The Balaban J connectivity index is 2.34. The van der Waals surface area contributed by atoms with E-state index in [1.807, 2.05) is 0 Å². The van der Waals surface area contributed by atoms with Crippen molar-refractivity contribution in [3.63, 3.8) is 0 Å². The summed E-state index contributed by atoms with van der Waals surface area (Å²) in [6, 6.07) is -1.57. The molecule has 2 N–H and O–H groups in total. The summed E-state index contributed by atoms with van der Waals surface area (Å²) in [6.07, 6.45) is -0.467. The van der Waals surface area contributed by atoms with E-state index in [1.165, 1.54) is 13.8 Å². The van der Waals surface area contributed by atoms with Gasteiger partial charge in [-0.2, -0.15) is 0 Å². The van der Waals surface area contributed by atoms with Crippen LogP contribution in [0.2, 0.25) is 0 Å². The highest BCUT2D eigenvalue weighted by molar-refractivity contribution is 7.89. The van der Waals surface area contributed by atoms with Gasteiger partial charge in [0.25, 0.3) is 5.92 Å². The van der Waals surface area contributed by atoms with Gasteiger partial charge >= 0.3 is 5.97 Å². The summed E-state index contributed by atoms with van der Waals surface area (Å²) < 4.78 is 71.1. The van der Waals surface area contributed by atoms with E-state index in [0.717, 1.165) is 0 Å². The molecule has 2 rings (SSSR count). The number of nitrogens with one attached hydrogen (secondary N) is 2. The number of hydrogen-bond donors (Lipinski definition) is 2. The molecule has 1 unspecified atom stereocenters. The van der Waals surface area contributed by atoms with Gasteiger partial charge in [0.15, 0.2) is 11.5 Å². The van der Waals surface area contributed by atoms with Crippen molar-refractivity contribution in [1.29, 1.82) is 0 Å². The van der Waals surface area contributed by atoms with E-state index in [-0.39, 0.29) is 18.7 Å². The Morgan fingerprint density at radius 2 is 2.14 bits per heavy atom. The van der Waals surface area contributed by atoms with Gasteiger partial charge in [0.05, 0.1) is 12.6 Å². The van der Waals surface area contributed by atoms with Gasteiger partial charge in [-0.25, -0.2) is 31.1 Å². The van der Waals surface area contributed by atoms with Gasteiger partial charge < -0.3 is 9.72 Å². The van der Waals surface area contributed by atoms with Crippen LogP contribution in [0.15, 0.2) is 4.90 Å². The molecule has 1 heterocycles. The van der Waals surface area contributed by atoms with Crippen LogP contribution in [-0.2, 0) is 14.8 Å². The summed E-state index contributed by atoms with van der Waals surface area (Å²) in [5.74, 6) is -5.55. The minimum absolute atomic E-state index is 0.0228. The number of esters is 1. The van der Waals surface area contributed by atoms with Gasteiger partial charge in [0.1, 0.15) is 4.90 Å². The third-order valence-corrected chi connectivity index (χ3v) is 5.01. The summed E-state index contributed by atoms with van der Waals surface area (Å²) >= 11 is 0. The first-order valence-electron chi connectivity index (χ1n) is 6.55. The number of hydrogen-bond acceptors (Lipinski definition) is 4. The van der Waals surface area contributed by atoms with Crippen LogP contribution >= 0.6 is 0 Å². The summed E-state index contributed by atoms with van der Waals surface area (Å²) in [4.78, 5) is 13.0. The van der Waals surface area contributed by atoms with Crippen molar-refractivity contribution in [2.45, 2.75) is 43.5 Å². The monoisotopic (exact) mass is 340 g/mol. The van der Waals surface area contributed by atoms with Gasteiger partial charge in [-0.15, -0.1) is 0 Å². The second-order valence-corrected chi connectivity index (χ2v) is 6.61. The number of rotatable bonds is 5. The first kappa shape index (κ1) is 16.8. The number of halogens is 3. The lowest BCUT2D eigenvalue weighted by molar-refractivity contribution is -0.0979. The molecule has 0 radical (unpaired) electrons. The lowest BCUT2D eigenvalue weighted by Crippen LogP contribution is -2.55. The number of H-pyrrole nitrogens is 1. The number of carbonyl (C=O) groups excluding carboxylic acids is 1. The Bertz CT molecular complexity index is 699. The number of sulfonamides is 1. The standard InChI is InChI=1S/C12H15F3N2O4S/c1-3-21-11(18)9-8(13)10(6(2)16-9)22(19,20)17-7-4-5-12(7,14)15/h7,16-17H,3-5H2,1-2H3. The molecule has 1 aliphatic carbocycles. The molecule has 0 bridgehead atoms. The highest BCUT2D eigenvalue weighted by Gasteiger charge is 2.50. The largest absolute Gasteiger partial charge is 0.461 e. The maximum absolute atomic E-state index is 14.2. The highest BCUT2D eigenvalue weighted by atomic mass is 32.2. The number of alkyl halides is 2. The predicted molar refractivity (Wildman–Crippen MR) is 69.7 cm³/mol. The lowest BCUT2D eigenvalue weighted by atomic mass is 9.89. The van der Waals surface area contributed by atoms with Crippen molar-refractivity contribution in [2.75, 3.05) is 6.61 Å².